The molecule has 1 aliphatic carbocycles. The fourth-order valence-electron chi connectivity index (χ4n) is 2.64. The van der Waals surface area contributed by atoms with E-state index in [1.165, 1.54) is 0 Å². The van der Waals surface area contributed by atoms with Gasteiger partial charge in [-0.2, -0.15) is 4.31 Å². The molecule has 5 nitrogen and oxygen atoms in total. The molecule has 1 aromatic rings. The van der Waals surface area contributed by atoms with Gasteiger partial charge in [0, 0.05) is 19.1 Å². The van der Waals surface area contributed by atoms with E-state index in [4.69, 9.17) is 4.74 Å². The lowest BCUT2D eigenvalue weighted by Crippen LogP contribution is -2.38. The zero-order valence-electron chi connectivity index (χ0n) is 13.1. The van der Waals surface area contributed by atoms with E-state index in [1.807, 2.05) is 20.9 Å². The van der Waals surface area contributed by atoms with E-state index >= 15 is 0 Å². The van der Waals surface area contributed by atoms with Crippen LogP contribution in [0.4, 0.5) is 0 Å². The number of nitrogens with one attached hydrogen (secondary N) is 1. The molecule has 0 bridgehead atoms. The molecule has 21 heavy (non-hydrogen) atoms. The average molecular weight is 312 g/mol. The second kappa shape index (κ2) is 6.34. The van der Waals surface area contributed by atoms with E-state index in [0.29, 0.717) is 23.7 Å². The van der Waals surface area contributed by atoms with Crippen molar-refractivity contribution < 1.29 is 13.2 Å². The lowest BCUT2D eigenvalue weighted by Gasteiger charge is -2.24. The Balaban J connectivity index is 2.42. The minimum absolute atomic E-state index is 0.157. The van der Waals surface area contributed by atoms with Crippen molar-refractivity contribution in [2.75, 3.05) is 27.2 Å². The van der Waals surface area contributed by atoms with Crippen molar-refractivity contribution in [3.05, 3.63) is 23.3 Å². The van der Waals surface area contributed by atoms with E-state index in [0.717, 1.165) is 24.0 Å². The molecule has 1 aromatic carbocycles. The minimum Gasteiger partial charge on any atom is -0.497 e. The van der Waals surface area contributed by atoms with Crippen LogP contribution in [0.15, 0.2) is 17.0 Å². The van der Waals surface area contributed by atoms with Gasteiger partial charge in [0.1, 0.15) is 5.75 Å². The number of hydrogen-bond donors (Lipinski definition) is 1. The molecule has 0 atom stereocenters. The van der Waals surface area contributed by atoms with Crippen molar-refractivity contribution in [3.63, 3.8) is 0 Å². The Hall–Kier alpha value is -1.11. The van der Waals surface area contributed by atoms with Crippen LogP contribution in [0.1, 0.15) is 24.0 Å². The van der Waals surface area contributed by atoms with Gasteiger partial charge in [0.15, 0.2) is 0 Å². The summed E-state index contributed by atoms with van der Waals surface area (Å²) in [6, 6.07) is 3.72. The van der Waals surface area contributed by atoms with E-state index in [-0.39, 0.29) is 6.04 Å². The number of sulfonamides is 1. The molecule has 6 heteroatoms. The Kier molecular flexibility index (Phi) is 4.91. The summed E-state index contributed by atoms with van der Waals surface area (Å²) in [4.78, 5) is 0.423. The van der Waals surface area contributed by atoms with Gasteiger partial charge in [-0.15, -0.1) is 0 Å². The van der Waals surface area contributed by atoms with Gasteiger partial charge in [-0.1, -0.05) is 0 Å². The van der Waals surface area contributed by atoms with Crippen molar-refractivity contribution >= 4 is 10.0 Å². The first-order chi connectivity index (χ1) is 9.91. The van der Waals surface area contributed by atoms with Crippen LogP contribution in [0.2, 0.25) is 0 Å². The van der Waals surface area contributed by atoms with Crippen molar-refractivity contribution in [3.8, 4) is 5.75 Å². The summed E-state index contributed by atoms with van der Waals surface area (Å²) >= 11 is 0. The first-order valence-electron chi connectivity index (χ1n) is 7.23. The van der Waals surface area contributed by atoms with Gasteiger partial charge in [-0.25, -0.2) is 8.42 Å². The first-order valence-corrected chi connectivity index (χ1v) is 8.67. The maximum absolute atomic E-state index is 13.0. The molecule has 118 valence electrons. The number of nitrogens with zero attached hydrogens (tertiary/aromatic N) is 1. The molecular formula is C15H24N2O3S. The summed E-state index contributed by atoms with van der Waals surface area (Å²) in [5.41, 5.74) is 1.48. The van der Waals surface area contributed by atoms with Crippen molar-refractivity contribution in [1.82, 2.24) is 9.62 Å². The summed E-state index contributed by atoms with van der Waals surface area (Å²) < 4.78 is 32.9. The molecule has 0 aromatic heterocycles. The summed E-state index contributed by atoms with van der Waals surface area (Å²) in [7, 11) is -0.0346. The van der Waals surface area contributed by atoms with Gasteiger partial charge in [-0.05, 0) is 57.0 Å². The third kappa shape index (κ3) is 3.39. The number of rotatable bonds is 7. The van der Waals surface area contributed by atoms with Crippen molar-refractivity contribution in [1.29, 1.82) is 0 Å². The molecule has 2 rings (SSSR count). The second-order valence-corrected chi connectivity index (χ2v) is 7.37. The molecule has 0 radical (unpaired) electrons. The van der Waals surface area contributed by atoms with E-state index < -0.39 is 10.0 Å². The zero-order chi connectivity index (χ0) is 15.6. The van der Waals surface area contributed by atoms with E-state index in [2.05, 4.69) is 5.32 Å². The molecule has 1 N–H and O–H groups in total. The van der Waals surface area contributed by atoms with Crippen molar-refractivity contribution in [2.45, 2.75) is 37.6 Å². The summed E-state index contributed by atoms with van der Waals surface area (Å²) in [6.45, 7) is 4.81. The van der Waals surface area contributed by atoms with Crippen LogP contribution in [0.25, 0.3) is 0 Å². The predicted molar refractivity (Wildman–Crippen MR) is 83.3 cm³/mol. The van der Waals surface area contributed by atoms with Gasteiger partial charge < -0.3 is 10.1 Å². The molecule has 1 aliphatic rings. The van der Waals surface area contributed by atoms with E-state index in [1.54, 1.807) is 23.5 Å². The van der Waals surface area contributed by atoms with Crippen LogP contribution < -0.4 is 10.1 Å². The molecule has 0 amide bonds. The van der Waals surface area contributed by atoms with Gasteiger partial charge in [0.25, 0.3) is 0 Å². The lowest BCUT2D eigenvalue weighted by molar-refractivity contribution is 0.400. The maximum atomic E-state index is 13.0. The Labute approximate surface area is 127 Å². The monoisotopic (exact) mass is 312 g/mol. The molecule has 0 unspecified atom stereocenters. The number of hydrogen-bond acceptors (Lipinski definition) is 4. The largest absolute Gasteiger partial charge is 0.497 e. The van der Waals surface area contributed by atoms with Gasteiger partial charge in [-0.3, -0.25) is 0 Å². The van der Waals surface area contributed by atoms with E-state index in [9.17, 15) is 8.42 Å². The van der Waals surface area contributed by atoms with Crippen LogP contribution in [0, 0.1) is 13.8 Å². The number of aryl methyl sites for hydroxylation is 2. The van der Waals surface area contributed by atoms with Crippen molar-refractivity contribution in [2.24, 2.45) is 0 Å². The molecule has 0 heterocycles. The Morgan fingerprint density at radius 2 is 1.86 bits per heavy atom. The topological polar surface area (TPSA) is 58.6 Å². The molecule has 0 aliphatic heterocycles. The normalized spacial score (nSPS) is 15.5. The zero-order valence-corrected chi connectivity index (χ0v) is 14.0. The summed E-state index contributed by atoms with van der Waals surface area (Å²) in [5.74, 6) is 0.692. The standard InChI is InChI=1S/C15H24N2O3S/c1-11-9-14(20-4)10-12(2)15(11)21(18,19)17(8-7-16-3)13-5-6-13/h9-10,13,16H,5-8H2,1-4H3. The second-order valence-electron chi connectivity index (χ2n) is 5.54. The predicted octanol–water partition coefficient (Wildman–Crippen LogP) is 1.68. The third-order valence-corrected chi connectivity index (χ3v) is 6.03. The first kappa shape index (κ1) is 16.3. The van der Waals surface area contributed by atoms with Gasteiger partial charge in [0.2, 0.25) is 10.0 Å². The summed E-state index contributed by atoms with van der Waals surface area (Å²) in [6.07, 6.45) is 1.91. The SMILES string of the molecule is CNCCN(C1CC1)S(=O)(=O)c1c(C)cc(OC)cc1C. The van der Waals surface area contributed by atoms with Crippen LogP contribution in [0.3, 0.4) is 0 Å². The molecule has 1 saturated carbocycles. The number of ether oxygens (including phenoxy) is 1. The highest BCUT2D eigenvalue weighted by Gasteiger charge is 2.38. The molecular weight excluding hydrogens is 288 g/mol. The quantitative estimate of drug-likeness (QED) is 0.832. The minimum atomic E-state index is -3.46. The number of likely N-dealkylation sites (N-methyl/N-ethyl adjacent to an activating group) is 1. The van der Waals surface area contributed by atoms with Crippen LogP contribution >= 0.6 is 0 Å². The molecule has 1 fully saturated rings. The maximum Gasteiger partial charge on any atom is 0.243 e. The van der Waals surface area contributed by atoms with Crippen LogP contribution in [-0.4, -0.2) is 46.0 Å². The molecule has 0 spiro atoms. The van der Waals surface area contributed by atoms with Crippen LogP contribution in [-0.2, 0) is 10.0 Å². The molecule has 0 saturated heterocycles. The third-order valence-electron chi connectivity index (χ3n) is 3.77. The Morgan fingerprint density at radius 1 is 1.29 bits per heavy atom. The lowest BCUT2D eigenvalue weighted by atomic mass is 10.1. The highest BCUT2D eigenvalue weighted by molar-refractivity contribution is 7.89. The number of benzene rings is 1. The van der Waals surface area contributed by atoms with Crippen LogP contribution in [0.5, 0.6) is 5.75 Å². The summed E-state index contributed by atoms with van der Waals surface area (Å²) in [5, 5.41) is 3.03. The smallest absolute Gasteiger partial charge is 0.243 e. The Morgan fingerprint density at radius 3 is 2.29 bits per heavy atom. The average Bonchev–Trinajstić information content (AvgIpc) is 3.22. The highest BCUT2D eigenvalue weighted by atomic mass is 32.2. The van der Waals surface area contributed by atoms with Gasteiger partial charge in [0.05, 0.1) is 12.0 Å². The number of methoxy groups -OCH3 is 1. The fraction of sp³-hybridized carbons (Fsp3) is 0.600. The highest BCUT2D eigenvalue weighted by Crippen LogP contribution is 2.35. The Bertz CT molecular complexity index is 586. The fourth-order valence-corrected chi connectivity index (χ4v) is 4.74. The van der Waals surface area contributed by atoms with Gasteiger partial charge >= 0.3 is 0 Å².